The van der Waals surface area contributed by atoms with E-state index in [9.17, 15) is 18.3 Å². The van der Waals surface area contributed by atoms with E-state index in [4.69, 9.17) is 4.74 Å². The molecule has 2 aromatic rings. The minimum absolute atomic E-state index is 0.0128. The summed E-state index contributed by atoms with van der Waals surface area (Å²) >= 11 is 0. The highest BCUT2D eigenvalue weighted by atomic mass is 19.3. The van der Waals surface area contributed by atoms with Gasteiger partial charge in [0.05, 0.1) is 6.61 Å². The quantitative estimate of drug-likeness (QED) is 0.934. The van der Waals surface area contributed by atoms with E-state index in [1.807, 2.05) is 0 Å². The van der Waals surface area contributed by atoms with E-state index in [0.29, 0.717) is 28.0 Å². The van der Waals surface area contributed by atoms with Gasteiger partial charge in [-0.05, 0) is 41.5 Å². The third-order valence-corrected chi connectivity index (χ3v) is 3.52. The van der Waals surface area contributed by atoms with Crippen molar-refractivity contribution in [3.63, 3.8) is 0 Å². The molecule has 3 rings (SSSR count). The number of aliphatic hydroxyl groups is 1. The average molecular weight is 322 g/mol. The zero-order chi connectivity index (χ0) is 16.4. The van der Waals surface area contributed by atoms with E-state index in [1.165, 1.54) is 30.3 Å². The van der Waals surface area contributed by atoms with Gasteiger partial charge in [0, 0.05) is 11.1 Å². The van der Waals surface area contributed by atoms with E-state index in [2.05, 4.69) is 4.74 Å². The van der Waals surface area contributed by atoms with Crippen LogP contribution >= 0.6 is 0 Å². The first kappa shape index (κ1) is 15.4. The number of hydrogen-bond acceptors (Lipinski definition) is 3. The van der Waals surface area contributed by atoms with E-state index >= 15 is 0 Å². The molecule has 0 radical (unpaired) electrons. The molecule has 0 fully saturated rings. The topological polar surface area (TPSA) is 38.7 Å². The highest BCUT2D eigenvalue weighted by Gasteiger charge is 2.22. The molecule has 0 unspecified atom stereocenters. The van der Waals surface area contributed by atoms with Crippen LogP contribution in [-0.4, -0.2) is 24.9 Å². The molecule has 1 heterocycles. The van der Waals surface area contributed by atoms with Crippen molar-refractivity contribution in [2.45, 2.75) is 6.61 Å². The molecular formula is C17H13F3O3. The number of fused-ring (bicyclic) bond motifs is 1. The van der Waals surface area contributed by atoms with Crippen LogP contribution in [-0.2, 0) is 0 Å². The summed E-state index contributed by atoms with van der Waals surface area (Å²) in [6, 6.07) is 10.1. The van der Waals surface area contributed by atoms with E-state index in [1.54, 1.807) is 12.1 Å². The number of rotatable bonds is 4. The minimum atomic E-state index is -2.94. The number of halogens is 3. The van der Waals surface area contributed by atoms with Crippen LogP contribution < -0.4 is 9.47 Å². The summed E-state index contributed by atoms with van der Waals surface area (Å²) in [6.45, 7) is -3.02. The van der Waals surface area contributed by atoms with Crippen molar-refractivity contribution in [3.8, 4) is 11.5 Å². The number of hydrogen-bond donors (Lipinski definition) is 1. The molecule has 3 nitrogen and oxygen atoms in total. The summed E-state index contributed by atoms with van der Waals surface area (Å²) in [4.78, 5) is 0. The minimum Gasteiger partial charge on any atom is -0.488 e. The van der Waals surface area contributed by atoms with Gasteiger partial charge in [-0.3, -0.25) is 0 Å². The Balaban J connectivity index is 2.12. The molecule has 1 N–H and O–H groups in total. The van der Waals surface area contributed by atoms with Crippen LogP contribution in [0, 0.1) is 5.82 Å². The van der Waals surface area contributed by atoms with Gasteiger partial charge in [0.15, 0.2) is 0 Å². The molecule has 6 heteroatoms. The van der Waals surface area contributed by atoms with Crippen molar-refractivity contribution in [2.75, 3.05) is 13.2 Å². The first-order chi connectivity index (χ1) is 11.1. The Morgan fingerprint density at radius 2 is 1.87 bits per heavy atom. The normalized spacial score (nSPS) is 13.8. The fourth-order valence-electron chi connectivity index (χ4n) is 2.53. The maximum Gasteiger partial charge on any atom is 0.387 e. The van der Waals surface area contributed by atoms with Gasteiger partial charge in [-0.25, -0.2) is 4.39 Å². The second kappa shape index (κ2) is 6.34. The van der Waals surface area contributed by atoms with E-state index < -0.39 is 6.61 Å². The van der Waals surface area contributed by atoms with Gasteiger partial charge in [-0.2, -0.15) is 8.78 Å². The van der Waals surface area contributed by atoms with Crippen molar-refractivity contribution >= 4 is 5.57 Å². The maximum absolute atomic E-state index is 13.1. The van der Waals surface area contributed by atoms with Crippen LogP contribution in [0.5, 0.6) is 11.5 Å². The van der Waals surface area contributed by atoms with Gasteiger partial charge >= 0.3 is 6.61 Å². The van der Waals surface area contributed by atoms with Crippen molar-refractivity contribution in [2.24, 2.45) is 0 Å². The molecule has 0 atom stereocenters. The summed E-state index contributed by atoms with van der Waals surface area (Å²) in [5.74, 6) is 0.0891. The van der Waals surface area contributed by atoms with Crippen molar-refractivity contribution in [1.82, 2.24) is 0 Å². The first-order valence-electron chi connectivity index (χ1n) is 6.89. The summed E-state index contributed by atoms with van der Waals surface area (Å²) in [7, 11) is 0. The molecule has 2 aromatic carbocycles. The molecule has 0 bridgehead atoms. The van der Waals surface area contributed by atoms with Crippen LogP contribution in [0.25, 0.3) is 5.57 Å². The molecule has 0 aliphatic carbocycles. The van der Waals surface area contributed by atoms with Crippen LogP contribution in [0.15, 0.2) is 48.0 Å². The van der Waals surface area contributed by atoms with Gasteiger partial charge < -0.3 is 14.6 Å². The van der Waals surface area contributed by atoms with Crippen LogP contribution in [0.1, 0.15) is 11.1 Å². The molecule has 23 heavy (non-hydrogen) atoms. The molecule has 1 aliphatic rings. The van der Waals surface area contributed by atoms with E-state index in [0.717, 1.165) is 0 Å². The Kier molecular flexibility index (Phi) is 4.25. The molecule has 0 spiro atoms. The molecule has 0 amide bonds. The third-order valence-electron chi connectivity index (χ3n) is 3.52. The van der Waals surface area contributed by atoms with E-state index in [-0.39, 0.29) is 24.8 Å². The Morgan fingerprint density at radius 1 is 1.13 bits per heavy atom. The van der Waals surface area contributed by atoms with Gasteiger partial charge in [0.2, 0.25) is 0 Å². The lowest BCUT2D eigenvalue weighted by Crippen LogP contribution is -2.15. The summed E-state index contributed by atoms with van der Waals surface area (Å²) < 4.78 is 47.9. The molecule has 0 aromatic heterocycles. The average Bonchev–Trinajstić information content (AvgIpc) is 2.54. The lowest BCUT2D eigenvalue weighted by molar-refractivity contribution is -0.0498. The van der Waals surface area contributed by atoms with Gasteiger partial charge in [0.1, 0.15) is 23.9 Å². The largest absolute Gasteiger partial charge is 0.488 e. The maximum atomic E-state index is 13.1. The smallest absolute Gasteiger partial charge is 0.387 e. The Labute approximate surface area is 130 Å². The Morgan fingerprint density at radius 3 is 2.52 bits per heavy atom. The molecule has 0 saturated heterocycles. The second-order valence-electron chi connectivity index (χ2n) is 4.97. The number of alkyl halides is 2. The lowest BCUT2D eigenvalue weighted by atomic mass is 9.91. The zero-order valence-electron chi connectivity index (χ0n) is 11.9. The molecular weight excluding hydrogens is 309 g/mol. The van der Waals surface area contributed by atoms with Gasteiger partial charge in [0.25, 0.3) is 0 Å². The van der Waals surface area contributed by atoms with Crippen LogP contribution in [0.4, 0.5) is 13.2 Å². The Bertz CT molecular complexity index is 739. The van der Waals surface area contributed by atoms with Crippen molar-refractivity contribution in [3.05, 3.63) is 65.0 Å². The zero-order valence-corrected chi connectivity index (χ0v) is 11.9. The standard InChI is InChI=1S/C17H13F3O3/c18-12-3-1-10(2-4-12)16-11(8-21)9-22-15-6-5-13(7-14(15)16)23-17(19)20/h1-7,17,21H,8-9H2. The molecule has 120 valence electrons. The molecule has 0 saturated carbocycles. The highest BCUT2D eigenvalue weighted by molar-refractivity contribution is 5.86. The molecule has 1 aliphatic heterocycles. The summed E-state index contributed by atoms with van der Waals surface area (Å²) in [5, 5.41) is 9.55. The monoisotopic (exact) mass is 322 g/mol. The van der Waals surface area contributed by atoms with Crippen molar-refractivity contribution < 1.29 is 27.8 Å². The number of ether oxygens (including phenoxy) is 2. The predicted octanol–water partition coefficient (Wildman–Crippen LogP) is 3.61. The number of aliphatic hydroxyl groups excluding tert-OH is 1. The first-order valence-corrected chi connectivity index (χ1v) is 6.89. The lowest BCUT2D eigenvalue weighted by Gasteiger charge is -2.24. The predicted molar refractivity (Wildman–Crippen MR) is 78.1 cm³/mol. The summed E-state index contributed by atoms with van der Waals surface area (Å²) in [5.41, 5.74) is 2.39. The van der Waals surface area contributed by atoms with Crippen LogP contribution in [0.2, 0.25) is 0 Å². The van der Waals surface area contributed by atoms with Crippen molar-refractivity contribution in [1.29, 1.82) is 0 Å². The number of benzene rings is 2. The second-order valence-corrected chi connectivity index (χ2v) is 4.97. The highest BCUT2D eigenvalue weighted by Crippen LogP contribution is 2.39. The fourth-order valence-corrected chi connectivity index (χ4v) is 2.53. The fraction of sp³-hybridized carbons (Fsp3) is 0.176. The summed E-state index contributed by atoms with van der Waals surface area (Å²) in [6.07, 6.45) is 0. The van der Waals surface area contributed by atoms with Gasteiger partial charge in [-0.1, -0.05) is 12.1 Å². The van der Waals surface area contributed by atoms with Crippen LogP contribution in [0.3, 0.4) is 0 Å². The Hall–Kier alpha value is -2.47. The third kappa shape index (κ3) is 3.17. The SMILES string of the molecule is OCC1=C(c2ccc(F)cc2)c2cc(OC(F)F)ccc2OC1. The van der Waals surface area contributed by atoms with Gasteiger partial charge in [-0.15, -0.1) is 0 Å².